The smallest absolute Gasteiger partial charge is 0.413 e. The summed E-state index contributed by atoms with van der Waals surface area (Å²) in [7, 11) is 1.16. The lowest BCUT2D eigenvalue weighted by Crippen LogP contribution is -2.32. The summed E-state index contributed by atoms with van der Waals surface area (Å²) >= 11 is 0.920. The molecule has 0 aromatic heterocycles. The van der Waals surface area contributed by atoms with Crippen LogP contribution in [0.25, 0.3) is 0 Å². The molecule has 0 aliphatic carbocycles. The van der Waals surface area contributed by atoms with Crippen molar-refractivity contribution in [2.45, 2.75) is 0 Å². The van der Waals surface area contributed by atoms with Crippen LogP contribution < -0.4 is 16.9 Å². The molecule has 5 N–H and O–H groups in total. The van der Waals surface area contributed by atoms with Crippen molar-refractivity contribution in [1.82, 2.24) is 5.32 Å². The Morgan fingerprint density at radius 1 is 1.62 bits per heavy atom. The van der Waals surface area contributed by atoms with E-state index in [1.165, 1.54) is 0 Å². The van der Waals surface area contributed by atoms with Crippen molar-refractivity contribution in [1.29, 1.82) is 0 Å². The maximum atomic E-state index is 10.8. The number of thioether (sulfide) groups is 1. The van der Waals surface area contributed by atoms with Gasteiger partial charge in [0.1, 0.15) is 0 Å². The van der Waals surface area contributed by atoms with Crippen LogP contribution in [0, 0.1) is 0 Å². The van der Waals surface area contributed by atoms with Crippen LogP contribution in [0.5, 0.6) is 0 Å². The first-order valence-corrected chi connectivity index (χ1v) is 4.12. The van der Waals surface area contributed by atoms with E-state index in [1.807, 2.05) is 5.32 Å². The van der Waals surface area contributed by atoms with Gasteiger partial charge < -0.3 is 16.3 Å². The van der Waals surface area contributed by atoms with Crippen LogP contribution in [0.4, 0.5) is 4.79 Å². The second-order valence-corrected chi connectivity index (χ2v) is 2.79. The normalized spacial score (nSPS) is 10.7. The zero-order chi connectivity index (χ0) is 10.3. The Labute approximate surface area is 78.9 Å². The number of nitrogens with one attached hydrogen (secondary N) is 1. The highest BCUT2D eigenvalue weighted by atomic mass is 32.2. The molecule has 0 aliphatic rings. The van der Waals surface area contributed by atoms with Crippen LogP contribution in [0.1, 0.15) is 0 Å². The van der Waals surface area contributed by atoms with Gasteiger partial charge in [-0.15, -0.1) is 0 Å². The third kappa shape index (κ3) is 5.79. The quantitative estimate of drug-likeness (QED) is 0.226. The maximum Gasteiger partial charge on any atom is 0.413 e. The number of nitrogens with zero attached hydrogens (tertiary/aromatic N) is 1. The Hall–Kier alpha value is -1.44. The molecule has 0 bridgehead atoms. The SMILES string of the molecule is COC(=O)NC(=O)CSC(N)=NN. The van der Waals surface area contributed by atoms with Crippen LogP contribution in [-0.2, 0) is 9.53 Å². The predicted octanol–water partition coefficient (Wildman–Crippen LogP) is -1.21. The van der Waals surface area contributed by atoms with E-state index >= 15 is 0 Å². The number of methoxy groups -OCH3 is 1. The molecule has 0 atom stereocenters. The van der Waals surface area contributed by atoms with Crippen LogP contribution >= 0.6 is 11.8 Å². The zero-order valence-electron chi connectivity index (χ0n) is 6.94. The standard InChI is InChI=1S/C5H10N4O3S/c1-12-5(11)8-3(10)2-13-4(6)9-7/h2,7H2,1H3,(H2,6,9)(H,8,10,11). The molecule has 13 heavy (non-hydrogen) atoms. The predicted molar refractivity (Wildman–Crippen MR) is 48.8 cm³/mol. The van der Waals surface area contributed by atoms with Crippen LogP contribution in [-0.4, -0.2) is 30.0 Å². The number of rotatable bonds is 2. The molecule has 0 fully saturated rings. The van der Waals surface area contributed by atoms with Crippen molar-refractivity contribution in [2.75, 3.05) is 12.9 Å². The minimum atomic E-state index is -0.811. The summed E-state index contributed by atoms with van der Waals surface area (Å²) in [4.78, 5) is 21.3. The van der Waals surface area contributed by atoms with E-state index in [2.05, 4.69) is 9.84 Å². The number of carbonyl (C=O) groups is 2. The molecule has 0 heterocycles. The van der Waals surface area contributed by atoms with Gasteiger partial charge in [0.25, 0.3) is 0 Å². The number of ether oxygens (including phenoxy) is 1. The van der Waals surface area contributed by atoms with E-state index in [4.69, 9.17) is 11.6 Å². The summed E-state index contributed by atoms with van der Waals surface area (Å²) in [5, 5.41) is 5.13. The fourth-order valence-corrected chi connectivity index (χ4v) is 0.803. The topological polar surface area (TPSA) is 120 Å². The first-order chi connectivity index (χ1) is 6.10. The van der Waals surface area contributed by atoms with Crippen LogP contribution in [0.2, 0.25) is 0 Å². The highest BCUT2D eigenvalue weighted by Crippen LogP contribution is 1.97. The number of hydrogen-bond donors (Lipinski definition) is 3. The molecule has 0 aromatic rings. The molecular formula is C5H10N4O3S. The fraction of sp³-hybridized carbons (Fsp3) is 0.400. The molecule has 0 spiro atoms. The van der Waals surface area contributed by atoms with Gasteiger partial charge in [-0.3, -0.25) is 10.1 Å². The molecule has 0 rings (SSSR count). The Kier molecular flexibility index (Phi) is 5.44. The van der Waals surface area contributed by atoms with Crippen molar-refractivity contribution in [3.05, 3.63) is 0 Å². The summed E-state index contributed by atoms with van der Waals surface area (Å²) in [5.41, 5.74) is 5.18. The van der Waals surface area contributed by atoms with E-state index in [-0.39, 0.29) is 10.9 Å². The van der Waals surface area contributed by atoms with Crippen molar-refractivity contribution in [3.8, 4) is 0 Å². The minimum Gasteiger partial charge on any atom is -0.453 e. The lowest BCUT2D eigenvalue weighted by atomic mass is 10.7. The minimum absolute atomic E-state index is 0.0400. The summed E-state index contributed by atoms with van der Waals surface area (Å²) in [5.74, 6) is 4.24. The number of carbonyl (C=O) groups excluding carboxylic acids is 2. The van der Waals surface area contributed by atoms with E-state index in [0.717, 1.165) is 18.9 Å². The third-order valence-corrected chi connectivity index (χ3v) is 1.71. The molecule has 0 aromatic carbocycles. The molecule has 0 radical (unpaired) electrons. The van der Waals surface area contributed by atoms with Gasteiger partial charge in [0.2, 0.25) is 5.91 Å². The molecule has 2 amide bonds. The second kappa shape index (κ2) is 6.12. The Bertz CT molecular complexity index is 230. The Morgan fingerprint density at radius 2 is 2.23 bits per heavy atom. The number of nitrogens with two attached hydrogens (primary N) is 2. The van der Waals surface area contributed by atoms with Crippen LogP contribution in [0.3, 0.4) is 0 Å². The molecule has 74 valence electrons. The number of imide groups is 1. The Morgan fingerprint density at radius 3 is 2.69 bits per heavy atom. The van der Waals surface area contributed by atoms with Gasteiger partial charge in [0, 0.05) is 0 Å². The number of alkyl carbamates (subject to hydrolysis) is 1. The van der Waals surface area contributed by atoms with Gasteiger partial charge in [0.05, 0.1) is 12.9 Å². The molecule has 0 unspecified atom stereocenters. The maximum absolute atomic E-state index is 10.8. The van der Waals surface area contributed by atoms with Crippen molar-refractivity contribution in [3.63, 3.8) is 0 Å². The largest absolute Gasteiger partial charge is 0.453 e. The van der Waals surface area contributed by atoms with Crippen molar-refractivity contribution < 1.29 is 14.3 Å². The van der Waals surface area contributed by atoms with E-state index in [9.17, 15) is 9.59 Å². The molecule has 0 saturated carbocycles. The monoisotopic (exact) mass is 206 g/mol. The lowest BCUT2D eigenvalue weighted by Gasteiger charge is -2.00. The van der Waals surface area contributed by atoms with E-state index in [1.54, 1.807) is 0 Å². The number of amidine groups is 1. The number of hydrogen-bond acceptors (Lipinski definition) is 6. The number of amides is 2. The summed E-state index contributed by atoms with van der Waals surface area (Å²) in [6.07, 6.45) is -0.811. The summed E-state index contributed by atoms with van der Waals surface area (Å²) in [6.45, 7) is 0. The average molecular weight is 206 g/mol. The fourth-order valence-electron chi connectivity index (χ4n) is 0.378. The number of hydrazone groups is 1. The Balaban J connectivity index is 3.70. The van der Waals surface area contributed by atoms with Crippen molar-refractivity contribution >= 4 is 28.9 Å². The zero-order valence-corrected chi connectivity index (χ0v) is 7.76. The van der Waals surface area contributed by atoms with E-state index < -0.39 is 12.0 Å². The summed E-state index contributed by atoms with van der Waals surface area (Å²) in [6, 6.07) is 0. The summed E-state index contributed by atoms with van der Waals surface area (Å²) < 4.78 is 4.19. The second-order valence-electron chi connectivity index (χ2n) is 1.80. The molecule has 7 nitrogen and oxygen atoms in total. The van der Waals surface area contributed by atoms with Gasteiger partial charge in [0.15, 0.2) is 5.17 Å². The molecular weight excluding hydrogens is 196 g/mol. The van der Waals surface area contributed by atoms with Gasteiger partial charge in [-0.25, -0.2) is 4.79 Å². The third-order valence-electron chi connectivity index (χ3n) is 0.905. The highest BCUT2D eigenvalue weighted by molar-refractivity contribution is 8.14. The molecule has 8 heteroatoms. The van der Waals surface area contributed by atoms with Gasteiger partial charge in [-0.1, -0.05) is 11.8 Å². The van der Waals surface area contributed by atoms with Gasteiger partial charge in [-0.05, 0) is 0 Å². The van der Waals surface area contributed by atoms with Crippen molar-refractivity contribution in [2.24, 2.45) is 16.7 Å². The van der Waals surface area contributed by atoms with E-state index in [0.29, 0.717) is 0 Å². The van der Waals surface area contributed by atoms with Gasteiger partial charge in [-0.2, -0.15) is 5.10 Å². The molecule has 0 saturated heterocycles. The average Bonchev–Trinajstić information content (AvgIpc) is 2.13. The first kappa shape index (κ1) is 11.6. The molecule has 0 aliphatic heterocycles. The lowest BCUT2D eigenvalue weighted by molar-refractivity contribution is -0.117. The first-order valence-electron chi connectivity index (χ1n) is 3.14. The van der Waals surface area contributed by atoms with Crippen LogP contribution in [0.15, 0.2) is 5.10 Å². The van der Waals surface area contributed by atoms with Gasteiger partial charge >= 0.3 is 6.09 Å². The highest BCUT2D eigenvalue weighted by Gasteiger charge is 2.07.